The van der Waals surface area contributed by atoms with E-state index in [1.165, 1.54) is 7.11 Å². The first-order valence-corrected chi connectivity index (χ1v) is 8.79. The van der Waals surface area contributed by atoms with E-state index in [9.17, 15) is 9.59 Å². The molecule has 0 unspecified atom stereocenters. The second-order valence-electron chi connectivity index (χ2n) is 6.14. The number of carbonyl (C=O) groups excluding carboxylic acids is 1. The number of rotatable bonds is 6. The van der Waals surface area contributed by atoms with Crippen LogP contribution in [-0.2, 0) is 13.2 Å². The van der Waals surface area contributed by atoms with Crippen LogP contribution >= 0.6 is 0 Å². The van der Waals surface area contributed by atoms with E-state index in [0.717, 1.165) is 6.29 Å². The molecule has 0 aliphatic carbocycles. The molecule has 8 nitrogen and oxygen atoms in total. The zero-order chi connectivity index (χ0) is 19.7. The normalized spacial score (nSPS) is 11.1. The topological polar surface area (TPSA) is 87.7 Å². The van der Waals surface area contributed by atoms with Gasteiger partial charge in [0.1, 0.15) is 12.9 Å². The second-order valence-corrected chi connectivity index (χ2v) is 6.14. The number of para-hydroxylation sites is 1. The number of aldehydes is 1. The van der Waals surface area contributed by atoms with Crippen LogP contribution < -0.4 is 15.0 Å². The van der Waals surface area contributed by atoms with Crippen LogP contribution in [-0.4, -0.2) is 32.6 Å². The van der Waals surface area contributed by atoms with Crippen LogP contribution in [0.3, 0.4) is 0 Å². The highest BCUT2D eigenvalue weighted by molar-refractivity contribution is 5.80. The third-order valence-electron chi connectivity index (χ3n) is 4.57. The quantitative estimate of drug-likeness (QED) is 0.479. The number of hydrogen-bond donors (Lipinski definition) is 0. The summed E-state index contributed by atoms with van der Waals surface area (Å²) < 4.78 is 14.6. The molecule has 8 heteroatoms. The van der Waals surface area contributed by atoms with Crippen LogP contribution in [0.5, 0.6) is 11.5 Å². The maximum atomic E-state index is 12.7. The molecule has 2 aromatic heterocycles. The molecule has 0 radical (unpaired) electrons. The van der Waals surface area contributed by atoms with Crippen LogP contribution in [0.1, 0.15) is 23.1 Å². The molecule has 4 aromatic rings. The van der Waals surface area contributed by atoms with Gasteiger partial charge in [-0.25, -0.2) is 0 Å². The summed E-state index contributed by atoms with van der Waals surface area (Å²) >= 11 is 0. The highest BCUT2D eigenvalue weighted by Crippen LogP contribution is 2.28. The van der Waals surface area contributed by atoms with Crippen molar-refractivity contribution in [2.75, 3.05) is 7.11 Å². The Morgan fingerprint density at radius 2 is 1.93 bits per heavy atom. The van der Waals surface area contributed by atoms with Gasteiger partial charge in [-0.15, -0.1) is 10.2 Å². The molecule has 0 bridgehead atoms. The molecule has 0 amide bonds. The fourth-order valence-corrected chi connectivity index (χ4v) is 3.21. The zero-order valence-electron chi connectivity index (χ0n) is 15.5. The zero-order valence-corrected chi connectivity index (χ0v) is 15.5. The van der Waals surface area contributed by atoms with Gasteiger partial charge in [0, 0.05) is 12.1 Å². The van der Waals surface area contributed by atoms with E-state index in [2.05, 4.69) is 10.2 Å². The first-order valence-electron chi connectivity index (χ1n) is 8.79. The van der Waals surface area contributed by atoms with Gasteiger partial charge in [0.2, 0.25) is 5.78 Å². The lowest BCUT2D eigenvalue weighted by Gasteiger charge is -2.12. The van der Waals surface area contributed by atoms with E-state index in [-0.39, 0.29) is 12.2 Å². The molecule has 0 aliphatic heterocycles. The van der Waals surface area contributed by atoms with Gasteiger partial charge in [-0.3, -0.25) is 18.6 Å². The Labute approximate surface area is 160 Å². The van der Waals surface area contributed by atoms with Crippen LogP contribution in [0.2, 0.25) is 0 Å². The van der Waals surface area contributed by atoms with Crippen LogP contribution in [0, 0.1) is 0 Å². The predicted octanol–water partition coefficient (Wildman–Crippen LogP) is 2.46. The number of carbonyl (C=O) groups is 1. The smallest absolute Gasteiger partial charge is 0.262 e. The molecule has 142 valence electrons. The Hall–Kier alpha value is -3.68. The minimum atomic E-state index is -0.106. The van der Waals surface area contributed by atoms with Crippen molar-refractivity contribution in [1.29, 1.82) is 0 Å². The maximum absolute atomic E-state index is 12.7. The third-order valence-corrected chi connectivity index (χ3v) is 4.57. The molecule has 0 fully saturated rings. The number of methoxy groups -OCH3 is 1. The summed E-state index contributed by atoms with van der Waals surface area (Å²) in [6, 6.07) is 12.2. The largest absolute Gasteiger partial charge is 0.493 e. The van der Waals surface area contributed by atoms with Crippen molar-refractivity contribution < 1.29 is 14.3 Å². The fraction of sp³-hybridized carbons (Fsp3) is 0.200. The molecule has 2 aromatic carbocycles. The minimum Gasteiger partial charge on any atom is -0.493 e. The van der Waals surface area contributed by atoms with Crippen molar-refractivity contribution in [3.63, 3.8) is 0 Å². The first kappa shape index (κ1) is 17.7. The van der Waals surface area contributed by atoms with E-state index in [1.807, 2.05) is 29.5 Å². The van der Waals surface area contributed by atoms with Crippen molar-refractivity contribution in [2.45, 2.75) is 20.1 Å². The molecule has 0 N–H and O–H groups in total. The van der Waals surface area contributed by atoms with E-state index in [0.29, 0.717) is 46.1 Å². The van der Waals surface area contributed by atoms with Gasteiger partial charge in [0.25, 0.3) is 5.56 Å². The van der Waals surface area contributed by atoms with Crippen molar-refractivity contribution in [3.05, 3.63) is 64.2 Å². The number of hydrogen-bond acceptors (Lipinski definition) is 6. The summed E-state index contributed by atoms with van der Waals surface area (Å²) in [4.78, 5) is 23.8. The predicted molar refractivity (Wildman–Crippen MR) is 103 cm³/mol. The number of benzene rings is 2. The summed E-state index contributed by atoms with van der Waals surface area (Å²) in [6.07, 6.45) is 0.742. The standard InChI is InChI=1S/C20H18N4O4/c1-3-23-19(26)14-6-4-5-7-15(14)24-18(21-22-20(23)24)12-28-17-10-13(11-25)8-9-16(17)27-2/h4-11H,3,12H2,1-2H3. The summed E-state index contributed by atoms with van der Waals surface area (Å²) in [6.45, 7) is 2.45. The van der Waals surface area contributed by atoms with Crippen molar-refractivity contribution in [1.82, 2.24) is 19.2 Å². The van der Waals surface area contributed by atoms with Gasteiger partial charge in [-0.1, -0.05) is 12.1 Å². The molecule has 28 heavy (non-hydrogen) atoms. The lowest BCUT2D eigenvalue weighted by atomic mass is 10.2. The van der Waals surface area contributed by atoms with Crippen LogP contribution in [0.25, 0.3) is 16.7 Å². The van der Waals surface area contributed by atoms with Gasteiger partial charge in [0.15, 0.2) is 17.3 Å². The van der Waals surface area contributed by atoms with Crippen LogP contribution in [0.15, 0.2) is 47.3 Å². The molecular formula is C20H18N4O4. The van der Waals surface area contributed by atoms with Crippen molar-refractivity contribution in [2.24, 2.45) is 0 Å². The summed E-state index contributed by atoms with van der Waals surface area (Å²) in [7, 11) is 1.53. The van der Waals surface area contributed by atoms with Crippen LogP contribution in [0.4, 0.5) is 0 Å². The fourth-order valence-electron chi connectivity index (χ4n) is 3.21. The van der Waals surface area contributed by atoms with Gasteiger partial charge in [-0.2, -0.15) is 0 Å². The van der Waals surface area contributed by atoms with E-state index in [4.69, 9.17) is 9.47 Å². The summed E-state index contributed by atoms with van der Waals surface area (Å²) in [5.41, 5.74) is 1.09. The van der Waals surface area contributed by atoms with Gasteiger partial charge in [0.05, 0.1) is 18.0 Å². The molecule has 4 rings (SSSR count). The Kier molecular flexibility index (Phi) is 4.52. The molecule has 2 heterocycles. The Bertz CT molecular complexity index is 1240. The Morgan fingerprint density at radius 3 is 2.68 bits per heavy atom. The second kappa shape index (κ2) is 7.15. The van der Waals surface area contributed by atoms with Crippen molar-refractivity contribution in [3.8, 4) is 11.5 Å². The summed E-state index contributed by atoms with van der Waals surface area (Å²) in [5.74, 6) is 1.93. The number of fused-ring (bicyclic) bond motifs is 3. The molecule has 0 saturated heterocycles. The van der Waals surface area contributed by atoms with E-state index in [1.54, 1.807) is 28.8 Å². The van der Waals surface area contributed by atoms with E-state index < -0.39 is 0 Å². The maximum Gasteiger partial charge on any atom is 0.262 e. The average Bonchev–Trinajstić information content (AvgIpc) is 3.16. The third kappa shape index (κ3) is 2.79. The molecule has 0 saturated carbocycles. The van der Waals surface area contributed by atoms with E-state index >= 15 is 0 Å². The monoisotopic (exact) mass is 378 g/mol. The first-order chi connectivity index (χ1) is 13.7. The molecule has 0 atom stereocenters. The molecule has 0 spiro atoms. The number of aromatic nitrogens is 4. The van der Waals surface area contributed by atoms with Gasteiger partial charge >= 0.3 is 0 Å². The van der Waals surface area contributed by atoms with Gasteiger partial charge < -0.3 is 9.47 Å². The number of ether oxygens (including phenoxy) is 2. The highest BCUT2D eigenvalue weighted by atomic mass is 16.5. The lowest BCUT2D eigenvalue weighted by molar-refractivity contribution is 0.112. The highest BCUT2D eigenvalue weighted by Gasteiger charge is 2.16. The Balaban J connectivity index is 1.82. The van der Waals surface area contributed by atoms with Crippen molar-refractivity contribution >= 4 is 23.0 Å². The average molecular weight is 378 g/mol. The Morgan fingerprint density at radius 1 is 1.11 bits per heavy atom. The lowest BCUT2D eigenvalue weighted by Crippen LogP contribution is -2.22. The molecular weight excluding hydrogens is 360 g/mol. The number of aryl methyl sites for hydroxylation is 1. The minimum absolute atomic E-state index is 0.0890. The number of nitrogens with zero attached hydrogens (tertiary/aromatic N) is 4. The molecule has 0 aliphatic rings. The van der Waals surface area contributed by atoms with Gasteiger partial charge in [-0.05, 0) is 37.3 Å². The summed E-state index contributed by atoms with van der Waals surface area (Å²) in [5, 5.41) is 9.01. The SMILES string of the molecule is CCn1c(=O)c2ccccc2n2c(COc3cc(C=O)ccc3OC)nnc12.